The van der Waals surface area contributed by atoms with Crippen LogP contribution in [0.1, 0.15) is 64.0 Å². The van der Waals surface area contributed by atoms with Crippen molar-refractivity contribution in [3.8, 4) is 22.5 Å². The highest BCUT2D eigenvalue weighted by Crippen LogP contribution is 2.32. The molecule has 0 radical (unpaired) electrons. The van der Waals surface area contributed by atoms with E-state index in [9.17, 15) is 32.3 Å². The number of carbonyl (C=O) groups excluding carboxylic acids is 1. The number of carboxylic acid groups (broad SMARTS) is 1. The van der Waals surface area contributed by atoms with Crippen LogP contribution in [0.15, 0.2) is 61.9 Å². The van der Waals surface area contributed by atoms with E-state index in [0.717, 1.165) is 12.1 Å². The average molecular weight is 687 g/mol. The highest BCUT2D eigenvalue weighted by Gasteiger charge is 2.24. The molecule has 4 aromatic heterocycles. The highest BCUT2D eigenvalue weighted by atomic mass is 19.1. The number of carbonyl (C=O) groups is 2. The minimum absolute atomic E-state index is 0.0306. The molecule has 4 heterocycles. The lowest BCUT2D eigenvalue weighted by Crippen LogP contribution is -2.11. The van der Waals surface area contributed by atoms with Crippen molar-refractivity contribution < 1.29 is 37.0 Å². The molecule has 0 amide bonds. The fraction of sp³-hybridized carbons (Fsp3) is 0.167. The summed E-state index contributed by atoms with van der Waals surface area (Å²) >= 11 is 0. The Morgan fingerprint density at radius 1 is 0.720 bits per heavy atom. The summed E-state index contributed by atoms with van der Waals surface area (Å²) in [5.74, 6) is -4.51. The lowest BCUT2D eigenvalue weighted by atomic mass is 10.1. The zero-order valence-electron chi connectivity index (χ0n) is 27.6. The van der Waals surface area contributed by atoms with Gasteiger partial charge in [-0.15, -0.1) is 0 Å². The monoisotopic (exact) mass is 686 g/mol. The fourth-order valence-corrected chi connectivity index (χ4v) is 5.60. The van der Waals surface area contributed by atoms with Crippen LogP contribution in [-0.4, -0.2) is 52.8 Å². The van der Waals surface area contributed by atoms with Gasteiger partial charge in [-0.2, -0.15) is 10.2 Å². The summed E-state index contributed by atoms with van der Waals surface area (Å²) in [5.41, 5.74) is 5.18. The van der Waals surface area contributed by atoms with Gasteiger partial charge >= 0.3 is 11.9 Å². The van der Waals surface area contributed by atoms with E-state index in [4.69, 9.17) is 4.74 Å². The van der Waals surface area contributed by atoms with Gasteiger partial charge in [-0.25, -0.2) is 46.1 Å². The zero-order chi connectivity index (χ0) is 36.6. The number of ether oxygens (including phenoxy) is 1. The van der Waals surface area contributed by atoms with Crippen molar-refractivity contribution in [1.29, 1.82) is 0 Å². The van der Waals surface area contributed by atoms with Gasteiger partial charge in [-0.1, -0.05) is 13.2 Å². The van der Waals surface area contributed by atoms with Gasteiger partial charge in [0.2, 0.25) is 0 Å². The molecular formula is C36H30F4N6O4. The molecule has 1 N–H and O–H groups in total. The minimum Gasteiger partial charge on any atom is -0.478 e. The maximum Gasteiger partial charge on any atom is 0.340 e. The molecular weight excluding hydrogens is 656 g/mol. The number of hydrogen-bond acceptors (Lipinski definition) is 7. The minimum atomic E-state index is -1.15. The van der Waals surface area contributed by atoms with Gasteiger partial charge in [-0.3, -0.25) is 0 Å². The average Bonchev–Trinajstić information content (AvgIpc) is 3.54. The number of aromatic carboxylic acids is 1. The first-order valence-electron chi connectivity index (χ1n) is 15.0. The van der Waals surface area contributed by atoms with Crippen molar-refractivity contribution in [3.63, 3.8) is 0 Å². The molecule has 10 nitrogen and oxygen atoms in total. The summed E-state index contributed by atoms with van der Waals surface area (Å²) in [6, 6.07) is 6.34. The number of imidazole rings is 2. The molecule has 50 heavy (non-hydrogen) atoms. The molecule has 0 aliphatic heterocycles. The van der Waals surface area contributed by atoms with Crippen LogP contribution in [0.4, 0.5) is 17.6 Å². The van der Waals surface area contributed by atoms with Gasteiger partial charge in [0.1, 0.15) is 23.3 Å². The Morgan fingerprint density at radius 2 is 1.10 bits per heavy atom. The van der Waals surface area contributed by atoms with Gasteiger partial charge in [0, 0.05) is 34.4 Å². The summed E-state index contributed by atoms with van der Waals surface area (Å²) in [4.78, 5) is 32.4. The van der Waals surface area contributed by atoms with E-state index in [1.165, 1.54) is 45.7 Å². The predicted octanol–water partition coefficient (Wildman–Crippen LogP) is 7.91. The Balaban J connectivity index is 0.000000195. The lowest BCUT2D eigenvalue weighted by Gasteiger charge is -2.10. The van der Waals surface area contributed by atoms with Gasteiger partial charge in [0.05, 0.1) is 52.9 Å². The molecule has 6 aromatic rings. The van der Waals surface area contributed by atoms with Crippen LogP contribution in [0.25, 0.3) is 45.0 Å². The Kier molecular flexibility index (Phi) is 9.66. The van der Waals surface area contributed by atoms with Crippen molar-refractivity contribution in [2.75, 3.05) is 6.61 Å². The Hall–Kier alpha value is -6.18. The normalized spacial score (nSPS) is 11.0. The summed E-state index contributed by atoms with van der Waals surface area (Å²) in [6.45, 7) is 16.4. The van der Waals surface area contributed by atoms with Gasteiger partial charge in [-0.05, 0) is 70.0 Å². The van der Waals surface area contributed by atoms with E-state index in [1.54, 1.807) is 34.6 Å². The second-order valence-corrected chi connectivity index (χ2v) is 11.3. The van der Waals surface area contributed by atoms with Crippen molar-refractivity contribution in [3.05, 3.63) is 119 Å². The molecule has 0 unspecified atom stereocenters. The second kappa shape index (κ2) is 13.7. The first-order chi connectivity index (χ1) is 23.6. The zero-order valence-corrected chi connectivity index (χ0v) is 27.6. The molecule has 256 valence electrons. The van der Waals surface area contributed by atoms with Gasteiger partial charge in [0.15, 0.2) is 11.3 Å². The smallest absolute Gasteiger partial charge is 0.340 e. The Morgan fingerprint density at radius 3 is 1.46 bits per heavy atom. The van der Waals surface area contributed by atoms with E-state index in [0.29, 0.717) is 56.3 Å². The van der Waals surface area contributed by atoms with Crippen LogP contribution in [0.5, 0.6) is 0 Å². The van der Waals surface area contributed by atoms with Crippen LogP contribution in [0, 0.1) is 37.1 Å². The first kappa shape index (κ1) is 35.1. The number of carboxylic acids is 1. The molecule has 6 rings (SSSR count). The molecule has 0 saturated carbocycles. The van der Waals surface area contributed by atoms with Crippen molar-refractivity contribution in [2.45, 2.75) is 34.6 Å². The lowest BCUT2D eigenvalue weighted by molar-refractivity contribution is 0.0524. The molecule has 14 heteroatoms. The van der Waals surface area contributed by atoms with Crippen LogP contribution in [0.2, 0.25) is 0 Å². The molecule has 0 aliphatic rings. The second-order valence-electron chi connectivity index (χ2n) is 11.3. The predicted molar refractivity (Wildman–Crippen MR) is 178 cm³/mol. The van der Waals surface area contributed by atoms with Gasteiger partial charge in [0.25, 0.3) is 0 Å². The van der Waals surface area contributed by atoms with Gasteiger partial charge < -0.3 is 9.84 Å². The number of fused-ring (bicyclic) bond motifs is 2. The number of allylic oxidation sites excluding steroid dienone is 2. The molecule has 0 fully saturated rings. The molecule has 0 spiro atoms. The summed E-state index contributed by atoms with van der Waals surface area (Å²) in [6.07, 6.45) is 2.54. The SMILES string of the molecule is C=C(C)c1c(C(=O)O)cnn2c(-c3cc(F)cc(F)c3)c(C)nc12.C=C(C)c1c(C(=O)OCC)cnn2c(-c3cc(F)cc(F)c3)c(C)nc12. The molecule has 0 aliphatic carbocycles. The number of nitrogens with zero attached hydrogens (tertiary/aromatic N) is 6. The summed E-state index contributed by atoms with van der Waals surface area (Å²) in [5, 5.41) is 17.7. The van der Waals surface area contributed by atoms with E-state index < -0.39 is 35.2 Å². The van der Waals surface area contributed by atoms with E-state index in [1.807, 2.05) is 0 Å². The molecule has 0 bridgehead atoms. The number of rotatable bonds is 7. The van der Waals surface area contributed by atoms with Crippen LogP contribution in [-0.2, 0) is 4.74 Å². The summed E-state index contributed by atoms with van der Waals surface area (Å²) < 4.78 is 62.3. The maximum absolute atomic E-state index is 13.6. The van der Waals surface area contributed by atoms with Crippen LogP contribution >= 0.6 is 0 Å². The van der Waals surface area contributed by atoms with Crippen molar-refractivity contribution in [1.82, 2.24) is 29.2 Å². The number of esters is 1. The molecule has 2 aromatic carbocycles. The third-order valence-corrected chi connectivity index (χ3v) is 7.50. The number of aromatic nitrogens is 6. The van der Waals surface area contributed by atoms with E-state index in [2.05, 4.69) is 33.3 Å². The van der Waals surface area contributed by atoms with E-state index in [-0.39, 0.29) is 28.9 Å². The van der Waals surface area contributed by atoms with Crippen molar-refractivity contribution >= 4 is 34.4 Å². The number of benzene rings is 2. The largest absolute Gasteiger partial charge is 0.478 e. The Labute approximate surface area is 283 Å². The summed E-state index contributed by atoms with van der Waals surface area (Å²) in [7, 11) is 0. The maximum atomic E-state index is 13.6. The first-order valence-corrected chi connectivity index (χ1v) is 15.0. The topological polar surface area (TPSA) is 124 Å². The number of aryl methyl sites for hydroxylation is 2. The third-order valence-electron chi connectivity index (χ3n) is 7.50. The van der Waals surface area contributed by atoms with Crippen molar-refractivity contribution in [2.24, 2.45) is 0 Å². The quantitative estimate of drug-likeness (QED) is 0.133. The highest BCUT2D eigenvalue weighted by molar-refractivity contribution is 5.98. The molecule has 0 saturated heterocycles. The Bertz CT molecular complexity index is 2340. The van der Waals surface area contributed by atoms with Crippen LogP contribution < -0.4 is 0 Å². The standard InChI is InChI=1S/C19H17F2N3O2.C17H13F2N3O2/c1-5-26-19(25)15-9-22-24-17(12-6-13(20)8-14(21)7-12)11(4)23-18(24)16(15)10(2)3;1-8(2)14-13(17(23)24)7-20-22-15(9(3)21-16(14)22)10-4-11(18)6-12(19)5-10/h6-9H,2,5H2,1,3-4H3;4-7H,1H2,2-3H3,(H,23,24). The third kappa shape index (κ3) is 6.59. The van der Waals surface area contributed by atoms with Crippen LogP contribution in [0.3, 0.4) is 0 Å². The number of halogens is 4. The fourth-order valence-electron chi connectivity index (χ4n) is 5.60. The molecule has 0 atom stereocenters. The number of hydrogen-bond donors (Lipinski definition) is 1. The van der Waals surface area contributed by atoms with E-state index >= 15 is 0 Å².